The summed E-state index contributed by atoms with van der Waals surface area (Å²) in [7, 11) is 1.42. The number of methoxy groups -OCH3 is 1. The number of hydrogen-bond acceptors (Lipinski definition) is 4. The van der Waals surface area contributed by atoms with Gasteiger partial charge in [0.15, 0.2) is 0 Å². The minimum atomic E-state index is -0.234. The van der Waals surface area contributed by atoms with Crippen molar-refractivity contribution in [2.45, 2.75) is 50.6 Å². The van der Waals surface area contributed by atoms with E-state index >= 15 is 0 Å². The first-order valence-electron chi connectivity index (χ1n) is 7.10. The van der Waals surface area contributed by atoms with E-state index in [-0.39, 0.29) is 18.1 Å². The molecule has 6 heteroatoms. The molecule has 0 radical (unpaired) electrons. The number of esters is 1. The van der Waals surface area contributed by atoms with E-state index in [9.17, 15) is 4.79 Å². The highest BCUT2D eigenvalue weighted by Crippen LogP contribution is 2.28. The fourth-order valence-corrected chi connectivity index (χ4v) is 3.32. The van der Waals surface area contributed by atoms with Crippen LogP contribution < -0.4 is 0 Å². The maximum absolute atomic E-state index is 11.8. The van der Waals surface area contributed by atoms with Crippen LogP contribution in [0.3, 0.4) is 0 Å². The Hall–Kier alpha value is -1.26. The van der Waals surface area contributed by atoms with Crippen LogP contribution in [0.5, 0.6) is 0 Å². The molecule has 0 N–H and O–H groups in total. The summed E-state index contributed by atoms with van der Waals surface area (Å²) in [5.74, 6) is 0.470. The maximum Gasteiger partial charge on any atom is 0.323 e. The molecule has 0 spiro atoms. The van der Waals surface area contributed by atoms with Crippen molar-refractivity contribution in [2.75, 3.05) is 20.2 Å². The van der Waals surface area contributed by atoms with Gasteiger partial charge < -0.3 is 4.74 Å². The molecule has 1 saturated carbocycles. The van der Waals surface area contributed by atoms with Gasteiger partial charge in [0, 0.05) is 18.0 Å². The average molecular weight is 266 g/mol. The largest absolute Gasteiger partial charge is 0.468 e. The summed E-state index contributed by atoms with van der Waals surface area (Å²) in [6, 6.07) is -0.333. The van der Waals surface area contributed by atoms with E-state index in [4.69, 9.17) is 10.3 Å². The molecule has 19 heavy (non-hydrogen) atoms. The van der Waals surface area contributed by atoms with Crippen molar-refractivity contribution in [3.8, 4) is 0 Å². The molecule has 1 aliphatic carbocycles. The van der Waals surface area contributed by atoms with Crippen LogP contribution in [0.2, 0.25) is 0 Å². The first-order valence-corrected chi connectivity index (χ1v) is 7.10. The van der Waals surface area contributed by atoms with Gasteiger partial charge in [-0.25, -0.2) is 0 Å². The van der Waals surface area contributed by atoms with Crippen LogP contribution in [0.4, 0.5) is 0 Å². The van der Waals surface area contributed by atoms with Crippen molar-refractivity contribution in [1.82, 2.24) is 4.90 Å². The van der Waals surface area contributed by atoms with Gasteiger partial charge in [-0.2, -0.15) is 0 Å². The van der Waals surface area contributed by atoms with Crippen molar-refractivity contribution in [3.05, 3.63) is 10.4 Å². The predicted molar refractivity (Wildman–Crippen MR) is 71.5 cm³/mol. The highest BCUT2D eigenvalue weighted by atomic mass is 16.5. The Morgan fingerprint density at radius 2 is 2.16 bits per heavy atom. The van der Waals surface area contributed by atoms with Crippen molar-refractivity contribution in [1.29, 1.82) is 0 Å². The molecule has 1 saturated heterocycles. The third-order valence-corrected chi connectivity index (χ3v) is 4.29. The second-order valence-electron chi connectivity index (χ2n) is 5.59. The van der Waals surface area contributed by atoms with Crippen molar-refractivity contribution >= 4 is 5.97 Å². The molecule has 2 atom stereocenters. The number of carbonyl (C=O) groups excluding carboxylic acids is 1. The van der Waals surface area contributed by atoms with Crippen LogP contribution in [0.1, 0.15) is 38.5 Å². The first-order chi connectivity index (χ1) is 9.24. The number of hydrogen-bond donors (Lipinski definition) is 0. The lowest BCUT2D eigenvalue weighted by molar-refractivity contribution is -0.146. The average Bonchev–Trinajstić information content (AvgIpc) is 2.82. The third-order valence-electron chi connectivity index (χ3n) is 4.29. The van der Waals surface area contributed by atoms with E-state index < -0.39 is 0 Å². The topological polar surface area (TPSA) is 78.3 Å². The van der Waals surface area contributed by atoms with E-state index in [0.29, 0.717) is 18.9 Å². The summed E-state index contributed by atoms with van der Waals surface area (Å²) < 4.78 is 4.86. The standard InChI is InChI=1S/C13H22N4O2/c1-19-13(18)12-7-11(15-16-14)9-17(12)8-10-5-3-2-4-6-10/h10-12H,2-9H2,1H3/t11-,12+/m0/s1. The number of likely N-dealkylation sites (tertiary alicyclic amines) is 1. The van der Waals surface area contributed by atoms with Crippen LogP contribution in [0.15, 0.2) is 5.11 Å². The highest BCUT2D eigenvalue weighted by molar-refractivity contribution is 5.76. The quantitative estimate of drug-likeness (QED) is 0.339. The molecule has 2 rings (SSSR count). The number of nitrogens with zero attached hydrogens (tertiary/aromatic N) is 4. The van der Waals surface area contributed by atoms with Gasteiger partial charge in [-0.05, 0) is 30.7 Å². The first kappa shape index (κ1) is 14.2. The highest BCUT2D eigenvalue weighted by Gasteiger charge is 2.38. The number of azide groups is 1. The minimum Gasteiger partial charge on any atom is -0.468 e. The molecule has 0 unspecified atom stereocenters. The fraction of sp³-hybridized carbons (Fsp3) is 0.923. The zero-order chi connectivity index (χ0) is 13.7. The zero-order valence-corrected chi connectivity index (χ0v) is 11.5. The zero-order valence-electron chi connectivity index (χ0n) is 11.5. The third kappa shape index (κ3) is 3.61. The van der Waals surface area contributed by atoms with Gasteiger partial charge in [0.2, 0.25) is 0 Å². The van der Waals surface area contributed by atoms with E-state index in [1.54, 1.807) is 0 Å². The number of ether oxygens (including phenoxy) is 1. The van der Waals surface area contributed by atoms with Gasteiger partial charge in [-0.1, -0.05) is 24.4 Å². The van der Waals surface area contributed by atoms with Crippen LogP contribution in [-0.2, 0) is 9.53 Å². The fourth-order valence-electron chi connectivity index (χ4n) is 3.32. The molecule has 0 aromatic heterocycles. The van der Waals surface area contributed by atoms with Crippen LogP contribution in [0.25, 0.3) is 10.4 Å². The summed E-state index contributed by atoms with van der Waals surface area (Å²) in [6.07, 6.45) is 7.00. The summed E-state index contributed by atoms with van der Waals surface area (Å²) in [5.41, 5.74) is 8.54. The molecule has 0 amide bonds. The molecule has 1 heterocycles. The van der Waals surface area contributed by atoms with Crippen molar-refractivity contribution < 1.29 is 9.53 Å². The van der Waals surface area contributed by atoms with E-state index in [2.05, 4.69) is 14.9 Å². The van der Waals surface area contributed by atoms with E-state index in [1.807, 2.05) is 0 Å². The second-order valence-corrected chi connectivity index (χ2v) is 5.59. The van der Waals surface area contributed by atoms with Gasteiger partial charge in [-0.15, -0.1) is 0 Å². The van der Waals surface area contributed by atoms with Crippen LogP contribution in [-0.4, -0.2) is 43.2 Å². The summed E-state index contributed by atoms with van der Waals surface area (Å²) >= 11 is 0. The normalized spacial score (nSPS) is 28.9. The number of rotatable bonds is 4. The molecule has 106 valence electrons. The molecule has 6 nitrogen and oxygen atoms in total. The van der Waals surface area contributed by atoms with Gasteiger partial charge in [-0.3, -0.25) is 9.69 Å². The van der Waals surface area contributed by atoms with Gasteiger partial charge in [0.25, 0.3) is 0 Å². The molecule has 0 bridgehead atoms. The van der Waals surface area contributed by atoms with Crippen LogP contribution in [0, 0.1) is 5.92 Å². The van der Waals surface area contributed by atoms with Crippen LogP contribution >= 0.6 is 0 Å². The van der Waals surface area contributed by atoms with Crippen molar-refractivity contribution in [2.24, 2.45) is 11.0 Å². The molecular weight excluding hydrogens is 244 g/mol. The van der Waals surface area contributed by atoms with Gasteiger partial charge in [0.05, 0.1) is 13.2 Å². The second kappa shape index (κ2) is 6.78. The molecule has 0 aromatic rings. The Bertz CT molecular complexity index is 362. The monoisotopic (exact) mass is 266 g/mol. The van der Waals surface area contributed by atoms with E-state index in [1.165, 1.54) is 39.2 Å². The molecule has 0 aromatic carbocycles. The molecule has 2 aliphatic rings. The van der Waals surface area contributed by atoms with Gasteiger partial charge in [0.1, 0.15) is 6.04 Å². The summed E-state index contributed by atoms with van der Waals surface area (Å²) in [4.78, 5) is 16.8. The predicted octanol–water partition coefficient (Wildman–Crippen LogP) is 2.49. The lowest BCUT2D eigenvalue weighted by atomic mass is 9.89. The summed E-state index contributed by atoms with van der Waals surface area (Å²) in [5, 5.41) is 3.76. The minimum absolute atomic E-state index is 0.0994. The smallest absolute Gasteiger partial charge is 0.323 e. The number of carbonyl (C=O) groups is 1. The van der Waals surface area contributed by atoms with E-state index in [0.717, 1.165) is 6.54 Å². The molecule has 2 fully saturated rings. The summed E-state index contributed by atoms with van der Waals surface area (Å²) in [6.45, 7) is 1.61. The lowest BCUT2D eigenvalue weighted by Crippen LogP contribution is -2.40. The van der Waals surface area contributed by atoms with Crippen molar-refractivity contribution in [3.63, 3.8) is 0 Å². The Balaban J connectivity index is 1.97. The Labute approximate surface area is 113 Å². The maximum atomic E-state index is 11.8. The van der Waals surface area contributed by atoms with Gasteiger partial charge >= 0.3 is 5.97 Å². The lowest BCUT2D eigenvalue weighted by Gasteiger charge is -2.29. The Morgan fingerprint density at radius 1 is 1.42 bits per heavy atom. The SMILES string of the molecule is COC(=O)[C@H]1C[C@H](N=[N+]=[N-])CN1CC1CCCCC1. The molecule has 1 aliphatic heterocycles. The Morgan fingerprint density at radius 3 is 2.79 bits per heavy atom. The molecular formula is C13H22N4O2. The Kier molecular flexibility index (Phi) is 5.05.